The van der Waals surface area contributed by atoms with E-state index in [4.69, 9.17) is 10.4 Å². The van der Waals surface area contributed by atoms with Crippen LogP contribution in [0.2, 0.25) is 0 Å². The van der Waals surface area contributed by atoms with Crippen LogP contribution in [0.5, 0.6) is 0 Å². The van der Waals surface area contributed by atoms with Gasteiger partial charge in [-0.25, -0.2) is 15.4 Å². The highest BCUT2D eigenvalue weighted by molar-refractivity contribution is 7.80. The number of piperidine rings is 1. The van der Waals surface area contributed by atoms with Crippen molar-refractivity contribution in [3.8, 4) is 0 Å². The molecule has 2 heterocycles. The maximum absolute atomic E-state index is 12.0. The zero-order valence-electron chi connectivity index (χ0n) is 10.6. The Balaban J connectivity index is 2.10. The van der Waals surface area contributed by atoms with Crippen molar-refractivity contribution in [2.75, 3.05) is 6.54 Å². The smallest absolute Gasteiger partial charge is 0.309 e. The van der Waals surface area contributed by atoms with E-state index in [1.54, 1.807) is 5.43 Å². The van der Waals surface area contributed by atoms with Gasteiger partial charge >= 0.3 is 22.5 Å². The van der Waals surface area contributed by atoms with Gasteiger partial charge in [-0.1, -0.05) is 0 Å². The van der Waals surface area contributed by atoms with E-state index in [-0.39, 0.29) is 19.4 Å². The van der Waals surface area contributed by atoms with E-state index in [0.717, 1.165) is 4.90 Å². The SMILES string of the molecule is NNC(=O)NC(=O)[C@@H]1CC[C@@H]2CN1C(=O)N2OS(=O)(=O)O. The average Bonchev–Trinajstić information content (AvgIpc) is 2.62. The summed E-state index contributed by atoms with van der Waals surface area (Å²) >= 11 is 0. The molecule has 0 aromatic rings. The number of nitrogens with two attached hydrogens (primary N) is 1. The number of hydrogen-bond acceptors (Lipinski definition) is 7. The zero-order valence-corrected chi connectivity index (χ0v) is 11.4. The summed E-state index contributed by atoms with van der Waals surface area (Å²) in [5.74, 6) is 4.08. The van der Waals surface area contributed by atoms with Crippen molar-refractivity contribution in [3.05, 3.63) is 0 Å². The van der Waals surface area contributed by atoms with Gasteiger partial charge in [-0.15, -0.1) is 4.28 Å². The summed E-state index contributed by atoms with van der Waals surface area (Å²) in [7, 11) is -4.84. The number of amides is 5. The predicted octanol–water partition coefficient (Wildman–Crippen LogP) is -2.31. The van der Waals surface area contributed by atoms with Crippen LogP contribution in [0.3, 0.4) is 0 Å². The van der Waals surface area contributed by atoms with Gasteiger partial charge in [-0.05, 0) is 12.8 Å². The second kappa shape index (κ2) is 5.44. The minimum atomic E-state index is -4.84. The molecule has 13 heteroatoms. The molecule has 0 aromatic carbocycles. The summed E-state index contributed by atoms with van der Waals surface area (Å²) in [6.07, 6.45) is 0.464. The number of fused-ring (bicyclic) bond motifs is 2. The summed E-state index contributed by atoms with van der Waals surface area (Å²) in [5.41, 5.74) is 1.71. The highest BCUT2D eigenvalue weighted by Crippen LogP contribution is 2.30. The fourth-order valence-corrected chi connectivity index (χ4v) is 2.72. The van der Waals surface area contributed by atoms with Crippen molar-refractivity contribution < 1.29 is 31.6 Å². The van der Waals surface area contributed by atoms with Gasteiger partial charge in [0.15, 0.2) is 0 Å². The third kappa shape index (κ3) is 3.21. The molecule has 0 spiro atoms. The number of hydrogen-bond donors (Lipinski definition) is 4. The summed E-state index contributed by atoms with van der Waals surface area (Å²) in [6.45, 7) is 0.0384. The monoisotopic (exact) mass is 323 g/mol. The molecule has 12 nitrogen and oxygen atoms in total. The molecular weight excluding hydrogens is 310 g/mol. The lowest BCUT2D eigenvalue weighted by molar-refractivity contribution is -0.124. The maximum Gasteiger partial charge on any atom is 0.418 e. The molecule has 21 heavy (non-hydrogen) atoms. The number of hydroxylamine groups is 2. The number of hydrazine groups is 1. The van der Waals surface area contributed by atoms with Gasteiger partial charge in [-0.2, -0.15) is 13.5 Å². The summed E-state index contributed by atoms with van der Waals surface area (Å²) in [6, 6.07) is -3.38. The number of imide groups is 1. The Morgan fingerprint density at radius 1 is 1.38 bits per heavy atom. The minimum absolute atomic E-state index is 0.0384. The molecule has 5 N–H and O–H groups in total. The lowest BCUT2D eigenvalue weighted by Crippen LogP contribution is -2.53. The van der Waals surface area contributed by atoms with Crippen LogP contribution in [0, 0.1) is 0 Å². The number of carbonyl (C=O) groups is 3. The van der Waals surface area contributed by atoms with Crippen LogP contribution in [-0.4, -0.2) is 59.5 Å². The van der Waals surface area contributed by atoms with E-state index in [1.807, 2.05) is 5.32 Å². The highest BCUT2D eigenvalue weighted by atomic mass is 32.3. The Labute approximate surface area is 119 Å². The molecule has 0 saturated carbocycles. The molecule has 2 fully saturated rings. The molecular formula is C8H13N5O7S. The average molecular weight is 323 g/mol. The van der Waals surface area contributed by atoms with Gasteiger partial charge in [-0.3, -0.25) is 20.1 Å². The van der Waals surface area contributed by atoms with Gasteiger partial charge in [0.2, 0.25) is 0 Å². The summed E-state index contributed by atoms with van der Waals surface area (Å²) in [5, 5.41) is 2.44. The molecule has 0 aliphatic carbocycles. The third-order valence-corrected chi connectivity index (χ3v) is 3.52. The molecule has 2 saturated heterocycles. The van der Waals surface area contributed by atoms with E-state index < -0.39 is 40.5 Å². The van der Waals surface area contributed by atoms with E-state index in [1.165, 1.54) is 0 Å². The zero-order chi connectivity index (χ0) is 15.8. The van der Waals surface area contributed by atoms with Crippen molar-refractivity contribution in [1.29, 1.82) is 0 Å². The molecule has 0 unspecified atom stereocenters. The normalized spacial score (nSPS) is 25.0. The fourth-order valence-electron chi connectivity index (χ4n) is 2.34. The van der Waals surface area contributed by atoms with Gasteiger partial charge in [0.1, 0.15) is 6.04 Å². The van der Waals surface area contributed by atoms with E-state index in [0.29, 0.717) is 5.06 Å². The van der Waals surface area contributed by atoms with E-state index >= 15 is 0 Å². The topological polar surface area (TPSA) is 171 Å². The van der Waals surface area contributed by atoms with Crippen molar-refractivity contribution in [2.24, 2.45) is 5.84 Å². The van der Waals surface area contributed by atoms with Crippen LogP contribution in [0.15, 0.2) is 0 Å². The van der Waals surface area contributed by atoms with Gasteiger partial charge < -0.3 is 4.90 Å². The second-order valence-electron chi connectivity index (χ2n) is 4.47. The predicted molar refractivity (Wildman–Crippen MR) is 64.2 cm³/mol. The standard InChI is InChI=1S/C8H13N5O7S/c9-11-7(15)10-6(14)5-2-1-4-3-12(5)8(16)13(4)20-21(17,18)19/h4-5H,1-3,9H2,(H,17,18,19)(H2,10,11,14,15)/t4-,5+/m1/s1. The molecule has 118 valence electrons. The largest absolute Gasteiger partial charge is 0.418 e. The van der Waals surface area contributed by atoms with Crippen LogP contribution in [0.4, 0.5) is 9.59 Å². The molecule has 5 amide bonds. The van der Waals surface area contributed by atoms with E-state index in [9.17, 15) is 22.8 Å². The first-order valence-corrected chi connectivity index (χ1v) is 7.17. The number of carbonyl (C=O) groups excluding carboxylic acids is 3. The van der Waals surface area contributed by atoms with Crippen LogP contribution in [0.1, 0.15) is 12.8 Å². The van der Waals surface area contributed by atoms with Gasteiger partial charge in [0, 0.05) is 6.54 Å². The number of urea groups is 2. The number of rotatable bonds is 3. The van der Waals surface area contributed by atoms with Crippen molar-refractivity contribution in [3.63, 3.8) is 0 Å². The quantitative estimate of drug-likeness (QED) is 0.194. The second-order valence-corrected chi connectivity index (χ2v) is 5.48. The maximum atomic E-state index is 12.0. The van der Waals surface area contributed by atoms with Crippen LogP contribution >= 0.6 is 0 Å². The van der Waals surface area contributed by atoms with E-state index in [2.05, 4.69) is 4.28 Å². The Morgan fingerprint density at radius 3 is 2.62 bits per heavy atom. The molecule has 2 aliphatic rings. The number of nitrogens with zero attached hydrogens (tertiary/aromatic N) is 2. The third-order valence-electron chi connectivity index (χ3n) is 3.17. The molecule has 2 bridgehead atoms. The first-order chi connectivity index (χ1) is 9.73. The molecule has 2 aliphatic heterocycles. The molecule has 0 radical (unpaired) electrons. The van der Waals surface area contributed by atoms with Crippen LogP contribution < -0.4 is 16.6 Å². The first-order valence-electron chi connectivity index (χ1n) is 5.81. The van der Waals surface area contributed by atoms with Crippen LogP contribution in [0.25, 0.3) is 0 Å². The molecule has 2 rings (SSSR count). The summed E-state index contributed by atoms with van der Waals surface area (Å²) in [4.78, 5) is 35.9. The Bertz CT molecular complexity index is 578. The van der Waals surface area contributed by atoms with Crippen molar-refractivity contribution >= 4 is 28.4 Å². The highest BCUT2D eigenvalue weighted by Gasteiger charge is 2.49. The minimum Gasteiger partial charge on any atom is -0.309 e. The van der Waals surface area contributed by atoms with Crippen molar-refractivity contribution in [2.45, 2.75) is 24.9 Å². The van der Waals surface area contributed by atoms with Crippen LogP contribution in [-0.2, 0) is 19.5 Å². The lowest BCUT2D eigenvalue weighted by atomic mass is 10.0. The van der Waals surface area contributed by atoms with Crippen molar-refractivity contribution in [1.82, 2.24) is 20.7 Å². The Kier molecular flexibility index (Phi) is 3.99. The van der Waals surface area contributed by atoms with Gasteiger partial charge in [0.25, 0.3) is 5.91 Å². The first kappa shape index (κ1) is 15.4. The molecule has 2 atom stereocenters. The lowest BCUT2D eigenvalue weighted by Gasteiger charge is -2.28. The molecule has 0 aromatic heterocycles. The fraction of sp³-hybridized carbons (Fsp3) is 0.625. The van der Waals surface area contributed by atoms with Gasteiger partial charge in [0.05, 0.1) is 6.04 Å². The number of nitrogens with one attached hydrogen (secondary N) is 2. The summed E-state index contributed by atoms with van der Waals surface area (Å²) < 4.78 is 34.2. The Hall–Kier alpha value is -1.96. The Morgan fingerprint density at radius 2 is 2.05 bits per heavy atom.